The van der Waals surface area contributed by atoms with Gasteiger partial charge in [-0.05, 0) is 30.2 Å². The van der Waals surface area contributed by atoms with Crippen LogP contribution in [0.25, 0.3) is 10.2 Å². The van der Waals surface area contributed by atoms with Crippen LogP contribution in [0.1, 0.15) is 17.3 Å². The molecule has 146 valence electrons. The maximum Gasteiger partial charge on any atom is 0.279 e. The average Bonchev–Trinajstić information content (AvgIpc) is 3.28. The van der Waals surface area contributed by atoms with Gasteiger partial charge in [-0.1, -0.05) is 24.3 Å². The molecule has 0 saturated heterocycles. The zero-order valence-corrected chi connectivity index (χ0v) is 18.1. The summed E-state index contributed by atoms with van der Waals surface area (Å²) in [5.41, 5.74) is 1.63. The highest BCUT2D eigenvalue weighted by atomic mass is 32.2. The number of aromatic nitrogens is 1. The van der Waals surface area contributed by atoms with Gasteiger partial charge in [-0.25, -0.2) is 0 Å². The summed E-state index contributed by atoms with van der Waals surface area (Å²) in [4.78, 5) is 19.1. The van der Waals surface area contributed by atoms with Gasteiger partial charge in [-0.2, -0.15) is 16.8 Å². The molecular weight excluding hydrogens is 412 g/mol. The highest BCUT2D eigenvalue weighted by Gasteiger charge is 2.18. The Morgan fingerprint density at radius 1 is 1.25 bits per heavy atom. The number of amides is 1. The molecule has 0 saturated carbocycles. The van der Waals surface area contributed by atoms with E-state index >= 15 is 0 Å². The third kappa shape index (κ3) is 3.94. The lowest BCUT2D eigenvalue weighted by molar-refractivity contribution is 0.0997. The van der Waals surface area contributed by atoms with Gasteiger partial charge in [0.1, 0.15) is 0 Å². The summed E-state index contributed by atoms with van der Waals surface area (Å²) in [6.45, 7) is 3.12. The van der Waals surface area contributed by atoms with Crippen LogP contribution >= 0.6 is 34.9 Å². The van der Waals surface area contributed by atoms with Gasteiger partial charge in [0.2, 0.25) is 6.79 Å². The van der Waals surface area contributed by atoms with E-state index in [0.29, 0.717) is 10.4 Å². The molecule has 8 heteroatoms. The van der Waals surface area contributed by atoms with Gasteiger partial charge in [-0.15, -0.1) is 11.8 Å². The number of thioether (sulfide) groups is 2. The number of benzene rings is 2. The molecular formula is C20H20N2O3S3. The molecule has 1 amide bonds. The van der Waals surface area contributed by atoms with Crippen molar-refractivity contribution in [1.29, 1.82) is 0 Å². The van der Waals surface area contributed by atoms with Crippen LogP contribution in [-0.2, 0) is 6.54 Å². The predicted octanol–water partition coefficient (Wildman–Crippen LogP) is 4.65. The van der Waals surface area contributed by atoms with E-state index in [4.69, 9.17) is 9.47 Å². The molecule has 0 radical (unpaired) electrons. The summed E-state index contributed by atoms with van der Waals surface area (Å²) < 4.78 is 14.2. The highest BCUT2D eigenvalue weighted by molar-refractivity contribution is 7.99. The first kappa shape index (κ1) is 19.4. The van der Waals surface area contributed by atoms with Crippen molar-refractivity contribution in [2.75, 3.05) is 24.6 Å². The van der Waals surface area contributed by atoms with E-state index in [-0.39, 0.29) is 12.7 Å². The molecule has 2 aromatic carbocycles. The average molecular weight is 433 g/mol. The number of hydrogen-bond donors (Lipinski definition) is 0. The highest BCUT2D eigenvalue weighted by Crippen LogP contribution is 2.37. The van der Waals surface area contributed by atoms with Gasteiger partial charge in [0.15, 0.2) is 16.3 Å². The number of aryl methyl sites for hydroxylation is 1. The Morgan fingerprint density at radius 3 is 2.86 bits per heavy atom. The van der Waals surface area contributed by atoms with Gasteiger partial charge in [0.05, 0.1) is 10.2 Å². The molecule has 1 aliphatic rings. The Kier molecular flexibility index (Phi) is 5.99. The van der Waals surface area contributed by atoms with Crippen LogP contribution in [0, 0.1) is 0 Å². The first-order chi connectivity index (χ1) is 13.7. The van der Waals surface area contributed by atoms with Gasteiger partial charge < -0.3 is 14.0 Å². The number of carbonyl (C=O) groups excluding carboxylic acids is 1. The van der Waals surface area contributed by atoms with Crippen molar-refractivity contribution in [2.45, 2.75) is 18.4 Å². The van der Waals surface area contributed by atoms with Crippen molar-refractivity contribution in [1.82, 2.24) is 4.57 Å². The van der Waals surface area contributed by atoms with Gasteiger partial charge in [0.25, 0.3) is 5.91 Å². The normalized spacial score (nSPS) is 13.4. The maximum atomic E-state index is 12.8. The Bertz CT molecular complexity index is 1090. The van der Waals surface area contributed by atoms with Crippen LogP contribution in [0.15, 0.2) is 46.3 Å². The molecule has 28 heavy (non-hydrogen) atoms. The van der Waals surface area contributed by atoms with Crippen molar-refractivity contribution < 1.29 is 14.3 Å². The maximum absolute atomic E-state index is 12.8. The smallest absolute Gasteiger partial charge is 0.279 e. The molecule has 4 rings (SSSR count). The molecule has 0 fully saturated rings. The van der Waals surface area contributed by atoms with E-state index in [9.17, 15) is 4.79 Å². The van der Waals surface area contributed by atoms with E-state index < -0.39 is 0 Å². The summed E-state index contributed by atoms with van der Waals surface area (Å²) in [5, 5.41) is 0. The summed E-state index contributed by atoms with van der Waals surface area (Å²) >= 11 is 4.98. The van der Waals surface area contributed by atoms with E-state index in [1.54, 1.807) is 23.5 Å². The standard InChI is InChI=1S/C20H20N2O3S3/c1-3-27-14-6-4-5-13(9-14)19(23)21-20-22(7-8-26-2)15-10-16-17(25-12-24-16)11-18(15)28-20/h4-6,9-11H,3,7-8,12H2,1-2H3. The van der Waals surface area contributed by atoms with E-state index in [1.807, 2.05) is 36.4 Å². The Labute approximate surface area is 175 Å². The molecule has 0 N–H and O–H groups in total. The van der Waals surface area contributed by atoms with Crippen molar-refractivity contribution in [2.24, 2.45) is 4.99 Å². The molecule has 0 unspecified atom stereocenters. The van der Waals surface area contributed by atoms with Gasteiger partial charge in [-0.3, -0.25) is 4.79 Å². The topological polar surface area (TPSA) is 52.8 Å². The minimum Gasteiger partial charge on any atom is -0.454 e. The van der Waals surface area contributed by atoms with Crippen molar-refractivity contribution >= 4 is 51.0 Å². The molecule has 1 aromatic heterocycles. The third-order valence-electron chi connectivity index (χ3n) is 4.29. The second-order valence-electron chi connectivity index (χ2n) is 6.08. The number of nitrogens with zero attached hydrogens (tertiary/aromatic N) is 2. The minimum atomic E-state index is -0.219. The van der Waals surface area contributed by atoms with Crippen molar-refractivity contribution in [3.8, 4) is 11.5 Å². The van der Waals surface area contributed by atoms with Gasteiger partial charge in [0, 0.05) is 34.9 Å². The first-order valence-corrected chi connectivity index (χ1v) is 12.1. The number of thiazole rings is 1. The van der Waals surface area contributed by atoms with Crippen LogP contribution < -0.4 is 14.3 Å². The minimum absolute atomic E-state index is 0.219. The molecule has 1 aliphatic heterocycles. The summed E-state index contributed by atoms with van der Waals surface area (Å²) in [6.07, 6.45) is 2.07. The fourth-order valence-corrected chi connectivity index (χ4v) is 5.13. The lowest BCUT2D eigenvalue weighted by atomic mass is 10.2. The third-order valence-corrected chi connectivity index (χ3v) is 6.79. The molecule has 5 nitrogen and oxygen atoms in total. The van der Waals surface area contributed by atoms with Crippen molar-refractivity contribution in [3.63, 3.8) is 0 Å². The van der Waals surface area contributed by atoms with Crippen LogP contribution in [-0.4, -0.2) is 35.0 Å². The largest absolute Gasteiger partial charge is 0.454 e. The van der Waals surface area contributed by atoms with Crippen LogP contribution in [0.4, 0.5) is 0 Å². The summed E-state index contributed by atoms with van der Waals surface area (Å²) in [5.74, 6) is 3.17. The van der Waals surface area contributed by atoms with Crippen LogP contribution in [0.5, 0.6) is 11.5 Å². The molecule has 3 aromatic rings. The first-order valence-electron chi connectivity index (χ1n) is 8.93. The number of hydrogen-bond acceptors (Lipinski definition) is 6. The SMILES string of the molecule is CCSc1cccc(C(=O)N=c2sc3cc4c(cc3n2CCSC)OCO4)c1. The number of ether oxygens (including phenoxy) is 2. The zero-order chi connectivity index (χ0) is 19.5. The van der Waals surface area contributed by atoms with E-state index in [1.165, 1.54) is 11.3 Å². The van der Waals surface area contributed by atoms with Crippen LogP contribution in [0.2, 0.25) is 0 Å². The Hall–Kier alpha value is -1.90. The number of carbonyl (C=O) groups is 1. The quantitative estimate of drug-likeness (QED) is 0.531. The molecule has 0 atom stereocenters. The molecule has 0 bridgehead atoms. The van der Waals surface area contributed by atoms with E-state index in [0.717, 1.165) is 44.7 Å². The zero-order valence-electron chi connectivity index (χ0n) is 15.6. The second kappa shape index (κ2) is 8.63. The summed E-state index contributed by atoms with van der Waals surface area (Å²) in [6, 6.07) is 11.6. The fourth-order valence-electron chi connectivity index (χ4n) is 2.98. The number of rotatable bonds is 6. The Morgan fingerprint density at radius 2 is 2.07 bits per heavy atom. The second-order valence-corrected chi connectivity index (χ2v) is 9.41. The van der Waals surface area contributed by atoms with Crippen LogP contribution in [0.3, 0.4) is 0 Å². The number of fused-ring (bicyclic) bond motifs is 2. The van der Waals surface area contributed by atoms with Gasteiger partial charge >= 0.3 is 0 Å². The molecule has 2 heterocycles. The Balaban J connectivity index is 1.78. The predicted molar refractivity (Wildman–Crippen MR) is 117 cm³/mol. The van der Waals surface area contributed by atoms with Crippen molar-refractivity contribution in [3.05, 3.63) is 46.8 Å². The molecule has 0 spiro atoms. The monoisotopic (exact) mass is 432 g/mol. The summed E-state index contributed by atoms with van der Waals surface area (Å²) in [7, 11) is 0. The lowest BCUT2D eigenvalue weighted by Crippen LogP contribution is -2.18. The fraction of sp³-hybridized carbons (Fsp3) is 0.300. The lowest BCUT2D eigenvalue weighted by Gasteiger charge is -2.05. The molecule has 0 aliphatic carbocycles. The van der Waals surface area contributed by atoms with E-state index in [2.05, 4.69) is 22.7 Å².